The second-order valence-electron chi connectivity index (χ2n) is 7.72. The van der Waals surface area contributed by atoms with E-state index in [-0.39, 0.29) is 37.5 Å². The third-order valence-electron chi connectivity index (χ3n) is 5.79. The number of pyridine rings is 1. The van der Waals surface area contributed by atoms with Crippen LogP contribution < -0.4 is 5.56 Å². The lowest BCUT2D eigenvalue weighted by Gasteiger charge is -2.31. The molecule has 0 saturated carbocycles. The zero-order valence-corrected chi connectivity index (χ0v) is 16.7. The number of carbonyl (C=O) groups is 2. The molecule has 1 aromatic heterocycles. The number of benzene rings is 1. The van der Waals surface area contributed by atoms with E-state index in [9.17, 15) is 23.2 Å². The number of hydrogen-bond acceptors (Lipinski definition) is 3. The van der Waals surface area contributed by atoms with Gasteiger partial charge in [0.15, 0.2) is 0 Å². The van der Waals surface area contributed by atoms with E-state index in [1.807, 2.05) is 0 Å². The van der Waals surface area contributed by atoms with Crippen LogP contribution in [-0.4, -0.2) is 52.0 Å². The second kappa shape index (κ2) is 8.01. The molecule has 0 N–H and O–H groups in total. The first kappa shape index (κ1) is 20.3. The van der Waals surface area contributed by atoms with Gasteiger partial charge in [-0.2, -0.15) is 0 Å². The average molecular weight is 415 g/mol. The van der Waals surface area contributed by atoms with E-state index < -0.39 is 23.5 Å². The summed E-state index contributed by atoms with van der Waals surface area (Å²) in [6.07, 6.45) is 1.54. The fourth-order valence-electron chi connectivity index (χ4n) is 4.17. The van der Waals surface area contributed by atoms with Crippen molar-refractivity contribution >= 4 is 11.8 Å². The van der Waals surface area contributed by atoms with Gasteiger partial charge in [0, 0.05) is 37.9 Å². The Labute approximate surface area is 172 Å². The van der Waals surface area contributed by atoms with Crippen molar-refractivity contribution in [1.82, 2.24) is 14.4 Å². The van der Waals surface area contributed by atoms with E-state index >= 15 is 0 Å². The number of alkyl halides is 1. The standard InChI is InChI=1S/C22H23F2N3O3/c1-2-19(28)25-10-8-18-14(11-25)12-27(17-5-3-15(23)4-6-17)22(30)20(18)21(29)26-9-7-16(24)13-26/h3-6,12,16H,2,7-11,13H2,1H3/t16-/m0/s1. The number of aromatic nitrogens is 1. The smallest absolute Gasteiger partial charge is 0.268 e. The van der Waals surface area contributed by atoms with Crippen molar-refractivity contribution in [3.8, 4) is 5.69 Å². The summed E-state index contributed by atoms with van der Waals surface area (Å²) in [7, 11) is 0. The number of hydrogen-bond donors (Lipinski definition) is 0. The van der Waals surface area contributed by atoms with Crippen LogP contribution in [0.5, 0.6) is 0 Å². The largest absolute Gasteiger partial charge is 0.338 e. The highest BCUT2D eigenvalue weighted by atomic mass is 19.1. The van der Waals surface area contributed by atoms with Gasteiger partial charge >= 0.3 is 0 Å². The van der Waals surface area contributed by atoms with Crippen LogP contribution >= 0.6 is 0 Å². The van der Waals surface area contributed by atoms with Gasteiger partial charge in [-0.05, 0) is 48.2 Å². The number of amides is 2. The van der Waals surface area contributed by atoms with Crippen molar-refractivity contribution in [2.75, 3.05) is 19.6 Å². The first-order valence-electron chi connectivity index (χ1n) is 10.1. The van der Waals surface area contributed by atoms with Gasteiger partial charge in [-0.3, -0.25) is 19.0 Å². The van der Waals surface area contributed by atoms with E-state index in [1.165, 1.54) is 33.7 Å². The maximum absolute atomic E-state index is 13.7. The molecule has 1 atom stereocenters. The fourth-order valence-corrected chi connectivity index (χ4v) is 4.17. The minimum atomic E-state index is -1.09. The van der Waals surface area contributed by atoms with Crippen LogP contribution in [0.4, 0.5) is 8.78 Å². The third kappa shape index (κ3) is 3.62. The molecule has 2 amide bonds. The normalized spacial score (nSPS) is 18.4. The zero-order chi connectivity index (χ0) is 21.4. The Morgan fingerprint density at radius 2 is 1.87 bits per heavy atom. The Balaban J connectivity index is 1.84. The molecule has 1 aromatic carbocycles. The number of fused-ring (bicyclic) bond motifs is 1. The van der Waals surface area contributed by atoms with Crippen molar-refractivity contribution in [1.29, 1.82) is 0 Å². The van der Waals surface area contributed by atoms with Crippen molar-refractivity contribution in [3.05, 3.63) is 63.3 Å². The Hall–Kier alpha value is -3.03. The summed E-state index contributed by atoms with van der Waals surface area (Å²) in [5.41, 5.74) is 1.25. The van der Waals surface area contributed by atoms with Crippen molar-refractivity contribution < 1.29 is 18.4 Å². The van der Waals surface area contributed by atoms with Crippen molar-refractivity contribution in [2.45, 2.75) is 38.9 Å². The Morgan fingerprint density at radius 1 is 1.13 bits per heavy atom. The SMILES string of the molecule is CCC(=O)N1CCc2c(cn(-c3ccc(F)cc3)c(=O)c2C(=O)N2CC[C@H](F)C2)C1. The number of rotatable bonds is 3. The minimum Gasteiger partial charge on any atom is -0.338 e. The molecule has 4 rings (SSSR count). The van der Waals surface area contributed by atoms with Crippen molar-refractivity contribution in [2.24, 2.45) is 0 Å². The predicted octanol–water partition coefficient (Wildman–Crippen LogP) is 2.46. The van der Waals surface area contributed by atoms with E-state index in [0.29, 0.717) is 36.2 Å². The van der Waals surface area contributed by atoms with E-state index in [0.717, 1.165) is 0 Å². The van der Waals surface area contributed by atoms with Gasteiger partial charge < -0.3 is 9.80 Å². The molecular formula is C22H23F2N3O3. The molecule has 2 aliphatic heterocycles. The van der Waals surface area contributed by atoms with Gasteiger partial charge in [-0.1, -0.05) is 6.92 Å². The Bertz CT molecular complexity index is 1050. The molecular weight excluding hydrogens is 392 g/mol. The third-order valence-corrected chi connectivity index (χ3v) is 5.79. The Kier molecular flexibility index (Phi) is 5.40. The van der Waals surface area contributed by atoms with E-state index in [2.05, 4.69) is 0 Å². The topological polar surface area (TPSA) is 62.6 Å². The molecule has 1 saturated heterocycles. The molecule has 0 spiro atoms. The summed E-state index contributed by atoms with van der Waals surface area (Å²) in [6, 6.07) is 5.40. The monoisotopic (exact) mass is 415 g/mol. The lowest BCUT2D eigenvalue weighted by Crippen LogP contribution is -2.41. The molecule has 0 radical (unpaired) electrons. The van der Waals surface area contributed by atoms with E-state index in [1.54, 1.807) is 18.0 Å². The van der Waals surface area contributed by atoms with Crippen LogP contribution in [0.1, 0.15) is 41.3 Å². The van der Waals surface area contributed by atoms with Crippen LogP contribution in [0.3, 0.4) is 0 Å². The summed E-state index contributed by atoms with van der Waals surface area (Å²) >= 11 is 0. The van der Waals surface area contributed by atoms with Crippen LogP contribution in [-0.2, 0) is 17.8 Å². The fraction of sp³-hybridized carbons (Fsp3) is 0.409. The molecule has 0 aliphatic carbocycles. The summed E-state index contributed by atoms with van der Waals surface area (Å²) in [4.78, 5) is 41.8. The summed E-state index contributed by atoms with van der Waals surface area (Å²) < 4.78 is 28.4. The lowest BCUT2D eigenvalue weighted by atomic mass is 9.95. The molecule has 0 bridgehead atoms. The average Bonchev–Trinajstić information content (AvgIpc) is 3.19. The van der Waals surface area contributed by atoms with Gasteiger partial charge in [0.2, 0.25) is 5.91 Å². The maximum Gasteiger partial charge on any atom is 0.268 e. The predicted molar refractivity (Wildman–Crippen MR) is 107 cm³/mol. The number of nitrogens with zero attached hydrogens (tertiary/aromatic N) is 3. The zero-order valence-electron chi connectivity index (χ0n) is 16.7. The van der Waals surface area contributed by atoms with Crippen LogP contribution in [0.2, 0.25) is 0 Å². The molecule has 1 fully saturated rings. The van der Waals surface area contributed by atoms with Crippen LogP contribution in [0, 0.1) is 5.82 Å². The number of likely N-dealkylation sites (tertiary alicyclic amines) is 1. The summed E-state index contributed by atoms with van der Waals surface area (Å²) in [5, 5.41) is 0. The van der Waals surface area contributed by atoms with Gasteiger partial charge in [0.25, 0.3) is 11.5 Å². The number of halogens is 2. The molecule has 30 heavy (non-hydrogen) atoms. The summed E-state index contributed by atoms with van der Waals surface area (Å²) in [6.45, 7) is 2.73. The highest BCUT2D eigenvalue weighted by Gasteiger charge is 2.33. The maximum atomic E-state index is 13.7. The first-order chi connectivity index (χ1) is 14.4. The van der Waals surface area contributed by atoms with Gasteiger partial charge in [-0.15, -0.1) is 0 Å². The van der Waals surface area contributed by atoms with Gasteiger partial charge in [0.1, 0.15) is 17.6 Å². The van der Waals surface area contributed by atoms with E-state index in [4.69, 9.17) is 0 Å². The summed E-state index contributed by atoms with van der Waals surface area (Å²) in [5.74, 6) is -0.928. The second-order valence-corrected chi connectivity index (χ2v) is 7.72. The highest BCUT2D eigenvalue weighted by Crippen LogP contribution is 2.25. The molecule has 158 valence electrons. The molecule has 8 heteroatoms. The molecule has 2 aliphatic rings. The first-order valence-corrected chi connectivity index (χ1v) is 10.1. The van der Waals surface area contributed by atoms with Gasteiger partial charge in [0.05, 0.1) is 6.54 Å². The van der Waals surface area contributed by atoms with Crippen molar-refractivity contribution in [3.63, 3.8) is 0 Å². The lowest BCUT2D eigenvalue weighted by molar-refractivity contribution is -0.131. The van der Waals surface area contributed by atoms with Gasteiger partial charge in [-0.25, -0.2) is 8.78 Å². The van der Waals surface area contributed by atoms with Crippen LogP contribution in [0.25, 0.3) is 5.69 Å². The molecule has 2 aromatic rings. The molecule has 6 nitrogen and oxygen atoms in total. The van der Waals surface area contributed by atoms with Crippen LogP contribution in [0.15, 0.2) is 35.3 Å². The highest BCUT2D eigenvalue weighted by molar-refractivity contribution is 5.96. The Morgan fingerprint density at radius 3 is 2.50 bits per heavy atom. The quantitative estimate of drug-likeness (QED) is 0.774. The molecule has 0 unspecified atom stereocenters. The minimum absolute atomic E-state index is 0.00660. The molecule has 3 heterocycles. The number of carbonyl (C=O) groups excluding carboxylic acids is 2.